The van der Waals surface area contributed by atoms with Gasteiger partial charge in [0.2, 0.25) is 0 Å². The lowest BCUT2D eigenvalue weighted by Gasteiger charge is -2.13. The Morgan fingerprint density at radius 3 is 2.70 bits per heavy atom. The van der Waals surface area contributed by atoms with E-state index in [0.29, 0.717) is 26.4 Å². The third kappa shape index (κ3) is 6.89. The number of nitrogens with one attached hydrogen (secondary N) is 1. The first-order valence-electron chi connectivity index (χ1n) is 7.27. The summed E-state index contributed by atoms with van der Waals surface area (Å²) >= 11 is 0. The Hall–Kier alpha value is -1.10. The Morgan fingerprint density at radius 2 is 1.95 bits per heavy atom. The Bertz CT molecular complexity index is 369. The van der Waals surface area contributed by atoms with Crippen LogP contribution in [-0.2, 0) is 16.0 Å². The van der Waals surface area contributed by atoms with E-state index in [-0.39, 0.29) is 0 Å². The fraction of sp³-hybridized carbons (Fsp3) is 0.625. The Labute approximate surface area is 122 Å². The van der Waals surface area contributed by atoms with E-state index < -0.39 is 0 Å². The second-order valence-corrected chi connectivity index (χ2v) is 4.70. The van der Waals surface area contributed by atoms with Gasteiger partial charge in [-0.1, -0.05) is 24.6 Å². The largest absolute Gasteiger partial charge is 0.493 e. The minimum atomic E-state index is 0.644. The van der Waals surface area contributed by atoms with Crippen LogP contribution >= 0.6 is 0 Å². The highest BCUT2D eigenvalue weighted by Crippen LogP contribution is 2.20. The van der Waals surface area contributed by atoms with Crippen LogP contribution in [0.3, 0.4) is 0 Å². The third-order valence-electron chi connectivity index (χ3n) is 2.90. The van der Waals surface area contributed by atoms with Gasteiger partial charge in [0.1, 0.15) is 5.75 Å². The molecular formula is C16H27NO3. The zero-order valence-corrected chi connectivity index (χ0v) is 12.9. The van der Waals surface area contributed by atoms with E-state index in [1.807, 2.05) is 6.07 Å². The second-order valence-electron chi connectivity index (χ2n) is 4.70. The topological polar surface area (TPSA) is 39.7 Å². The summed E-state index contributed by atoms with van der Waals surface area (Å²) in [6.07, 6.45) is 0.887. The molecule has 4 heteroatoms. The average Bonchev–Trinajstić information content (AvgIpc) is 2.45. The first-order valence-corrected chi connectivity index (χ1v) is 7.27. The SMILES string of the molecule is CCNCc1cc(C)ccc1OCCCOCCOC. The summed E-state index contributed by atoms with van der Waals surface area (Å²) in [5.41, 5.74) is 2.47. The third-order valence-corrected chi connectivity index (χ3v) is 2.90. The molecule has 1 aromatic carbocycles. The molecule has 0 saturated carbocycles. The summed E-state index contributed by atoms with van der Waals surface area (Å²) in [5, 5.41) is 3.34. The van der Waals surface area contributed by atoms with Crippen molar-refractivity contribution in [1.29, 1.82) is 0 Å². The van der Waals surface area contributed by atoms with Gasteiger partial charge in [0.15, 0.2) is 0 Å². The molecule has 0 radical (unpaired) electrons. The number of methoxy groups -OCH3 is 1. The van der Waals surface area contributed by atoms with Gasteiger partial charge in [-0.25, -0.2) is 0 Å². The first-order chi connectivity index (χ1) is 9.77. The van der Waals surface area contributed by atoms with Gasteiger partial charge in [0, 0.05) is 32.2 Å². The molecule has 0 fully saturated rings. The smallest absolute Gasteiger partial charge is 0.123 e. The van der Waals surface area contributed by atoms with Crippen molar-refractivity contribution in [3.63, 3.8) is 0 Å². The van der Waals surface area contributed by atoms with E-state index >= 15 is 0 Å². The molecule has 0 amide bonds. The van der Waals surface area contributed by atoms with E-state index in [2.05, 4.69) is 31.3 Å². The molecule has 0 unspecified atom stereocenters. The van der Waals surface area contributed by atoms with Crippen molar-refractivity contribution in [3.8, 4) is 5.75 Å². The van der Waals surface area contributed by atoms with Crippen LogP contribution in [0.25, 0.3) is 0 Å². The van der Waals surface area contributed by atoms with E-state index in [1.54, 1.807) is 7.11 Å². The predicted molar refractivity (Wildman–Crippen MR) is 81.4 cm³/mol. The van der Waals surface area contributed by atoms with Crippen molar-refractivity contribution >= 4 is 0 Å². The van der Waals surface area contributed by atoms with Gasteiger partial charge in [-0.15, -0.1) is 0 Å². The van der Waals surface area contributed by atoms with Crippen LogP contribution < -0.4 is 10.1 Å². The maximum atomic E-state index is 5.84. The van der Waals surface area contributed by atoms with Crippen molar-refractivity contribution in [2.24, 2.45) is 0 Å². The van der Waals surface area contributed by atoms with Crippen LogP contribution in [0, 0.1) is 6.92 Å². The molecule has 0 aliphatic rings. The van der Waals surface area contributed by atoms with Crippen molar-refractivity contribution in [2.45, 2.75) is 26.8 Å². The monoisotopic (exact) mass is 281 g/mol. The van der Waals surface area contributed by atoms with Crippen LogP contribution in [0.5, 0.6) is 5.75 Å². The molecule has 0 aliphatic carbocycles. The van der Waals surface area contributed by atoms with Gasteiger partial charge >= 0.3 is 0 Å². The van der Waals surface area contributed by atoms with Crippen LogP contribution in [0.1, 0.15) is 24.5 Å². The van der Waals surface area contributed by atoms with Gasteiger partial charge < -0.3 is 19.5 Å². The molecule has 0 aliphatic heterocycles. The summed E-state index contributed by atoms with van der Waals surface area (Å²) in [6.45, 7) is 8.68. The van der Waals surface area contributed by atoms with E-state index in [0.717, 1.165) is 25.3 Å². The molecule has 1 aromatic rings. The molecular weight excluding hydrogens is 254 g/mol. The van der Waals surface area contributed by atoms with Crippen LogP contribution in [0.15, 0.2) is 18.2 Å². The van der Waals surface area contributed by atoms with Crippen molar-refractivity contribution < 1.29 is 14.2 Å². The van der Waals surface area contributed by atoms with Gasteiger partial charge in [-0.05, 0) is 19.5 Å². The lowest BCUT2D eigenvalue weighted by Crippen LogP contribution is -2.13. The van der Waals surface area contributed by atoms with Crippen molar-refractivity contribution in [2.75, 3.05) is 40.1 Å². The van der Waals surface area contributed by atoms with Gasteiger partial charge in [-0.2, -0.15) is 0 Å². The van der Waals surface area contributed by atoms with Crippen LogP contribution in [0.2, 0.25) is 0 Å². The molecule has 0 heterocycles. The number of ether oxygens (including phenoxy) is 3. The molecule has 0 saturated heterocycles. The lowest BCUT2D eigenvalue weighted by atomic mass is 10.1. The zero-order valence-electron chi connectivity index (χ0n) is 12.9. The summed E-state index contributed by atoms with van der Waals surface area (Å²) < 4.78 is 16.2. The zero-order chi connectivity index (χ0) is 14.6. The number of rotatable bonds is 11. The first kappa shape index (κ1) is 17.0. The molecule has 0 aromatic heterocycles. The highest BCUT2D eigenvalue weighted by atomic mass is 16.5. The molecule has 0 atom stereocenters. The Balaban J connectivity index is 2.31. The van der Waals surface area contributed by atoms with Crippen LogP contribution in [0.4, 0.5) is 0 Å². The average molecular weight is 281 g/mol. The predicted octanol–water partition coefficient (Wildman–Crippen LogP) is 2.54. The maximum Gasteiger partial charge on any atom is 0.123 e. The maximum absolute atomic E-state index is 5.84. The van der Waals surface area contributed by atoms with Crippen molar-refractivity contribution in [1.82, 2.24) is 5.32 Å². The summed E-state index contributed by atoms with van der Waals surface area (Å²) in [5.74, 6) is 0.966. The fourth-order valence-corrected chi connectivity index (χ4v) is 1.83. The molecule has 4 nitrogen and oxygen atoms in total. The number of hydrogen-bond acceptors (Lipinski definition) is 4. The van der Waals surface area contributed by atoms with Gasteiger partial charge in [-0.3, -0.25) is 0 Å². The summed E-state index contributed by atoms with van der Waals surface area (Å²) in [4.78, 5) is 0. The Morgan fingerprint density at radius 1 is 1.10 bits per heavy atom. The molecule has 20 heavy (non-hydrogen) atoms. The standard InChI is InChI=1S/C16H27NO3/c1-4-17-13-15-12-14(2)6-7-16(15)20-9-5-8-19-11-10-18-3/h6-7,12,17H,4-5,8-11,13H2,1-3H3. The number of benzene rings is 1. The number of aryl methyl sites for hydroxylation is 1. The normalized spacial score (nSPS) is 10.8. The second kappa shape index (κ2) is 10.7. The molecule has 1 N–H and O–H groups in total. The van der Waals surface area contributed by atoms with Gasteiger partial charge in [0.25, 0.3) is 0 Å². The Kier molecular flexibility index (Phi) is 9.04. The molecule has 0 spiro atoms. The van der Waals surface area contributed by atoms with E-state index in [1.165, 1.54) is 11.1 Å². The minimum Gasteiger partial charge on any atom is -0.493 e. The lowest BCUT2D eigenvalue weighted by molar-refractivity contribution is 0.0644. The van der Waals surface area contributed by atoms with E-state index in [9.17, 15) is 0 Å². The molecule has 0 bridgehead atoms. The number of hydrogen-bond donors (Lipinski definition) is 1. The quantitative estimate of drug-likeness (QED) is 0.633. The summed E-state index contributed by atoms with van der Waals surface area (Å²) in [6, 6.07) is 6.31. The van der Waals surface area contributed by atoms with Gasteiger partial charge in [0.05, 0.1) is 19.8 Å². The minimum absolute atomic E-state index is 0.644. The molecule has 114 valence electrons. The highest BCUT2D eigenvalue weighted by Gasteiger charge is 2.03. The fourth-order valence-electron chi connectivity index (χ4n) is 1.83. The highest BCUT2D eigenvalue weighted by molar-refractivity contribution is 5.36. The van der Waals surface area contributed by atoms with E-state index in [4.69, 9.17) is 14.2 Å². The summed E-state index contributed by atoms with van der Waals surface area (Å²) in [7, 11) is 1.68. The van der Waals surface area contributed by atoms with Crippen molar-refractivity contribution in [3.05, 3.63) is 29.3 Å². The van der Waals surface area contributed by atoms with Crippen LogP contribution in [-0.4, -0.2) is 40.1 Å². The molecule has 1 rings (SSSR count).